The number of ether oxygens (including phenoxy) is 1. The maximum atomic E-state index is 11.8. The molecule has 0 saturated heterocycles. The Labute approximate surface area is 106 Å². The first kappa shape index (κ1) is 11.0. The fourth-order valence-corrected chi connectivity index (χ4v) is 2.13. The molecule has 2 aromatic rings. The van der Waals surface area contributed by atoms with Crippen molar-refractivity contribution in [1.29, 1.82) is 0 Å². The molecule has 2 atom stereocenters. The fraction of sp³-hybridized carbons (Fsp3) is 0.188. The summed E-state index contributed by atoms with van der Waals surface area (Å²) in [5, 5.41) is 0. The Morgan fingerprint density at radius 1 is 0.944 bits per heavy atom. The van der Waals surface area contributed by atoms with Gasteiger partial charge in [0.15, 0.2) is 0 Å². The van der Waals surface area contributed by atoms with Crippen molar-refractivity contribution in [2.45, 2.75) is 18.4 Å². The molecule has 0 heterocycles. The molecular weight excluding hydrogens is 224 g/mol. The molecule has 0 radical (unpaired) electrons. The van der Waals surface area contributed by atoms with E-state index in [1.54, 1.807) is 12.1 Å². The Hall–Kier alpha value is -2.09. The van der Waals surface area contributed by atoms with Gasteiger partial charge in [-0.15, -0.1) is 0 Å². The minimum absolute atomic E-state index is 0.0418. The molecule has 3 rings (SSSR count). The number of hydrogen-bond donors (Lipinski definition) is 0. The lowest BCUT2D eigenvalue weighted by molar-refractivity contribution is 0.0464. The molecule has 1 fully saturated rings. The maximum Gasteiger partial charge on any atom is 0.338 e. The Kier molecular flexibility index (Phi) is 2.85. The second-order valence-electron chi connectivity index (χ2n) is 4.56. The smallest absolute Gasteiger partial charge is 0.338 e. The van der Waals surface area contributed by atoms with E-state index in [2.05, 4.69) is 12.1 Å². The van der Waals surface area contributed by atoms with E-state index < -0.39 is 0 Å². The van der Waals surface area contributed by atoms with Crippen molar-refractivity contribution in [3.63, 3.8) is 0 Å². The molecule has 0 N–H and O–H groups in total. The van der Waals surface area contributed by atoms with Crippen LogP contribution >= 0.6 is 0 Å². The van der Waals surface area contributed by atoms with E-state index in [0.717, 1.165) is 6.42 Å². The summed E-state index contributed by atoms with van der Waals surface area (Å²) in [6, 6.07) is 19.3. The molecule has 2 aromatic carbocycles. The van der Waals surface area contributed by atoms with Crippen LogP contribution in [0.5, 0.6) is 0 Å². The maximum absolute atomic E-state index is 11.8. The number of benzene rings is 2. The van der Waals surface area contributed by atoms with Crippen LogP contribution in [0.2, 0.25) is 0 Å². The summed E-state index contributed by atoms with van der Waals surface area (Å²) in [7, 11) is 0. The van der Waals surface area contributed by atoms with Crippen molar-refractivity contribution in [3.05, 3.63) is 71.8 Å². The van der Waals surface area contributed by atoms with Crippen LogP contribution < -0.4 is 0 Å². The van der Waals surface area contributed by atoms with Crippen LogP contribution in [0, 0.1) is 0 Å². The third kappa shape index (κ3) is 2.28. The van der Waals surface area contributed by atoms with Gasteiger partial charge < -0.3 is 4.74 Å². The Bertz CT molecular complexity index is 534. The predicted octanol–water partition coefficient (Wildman–Crippen LogP) is 3.40. The summed E-state index contributed by atoms with van der Waals surface area (Å²) in [6.45, 7) is 0. The Morgan fingerprint density at radius 3 is 2.22 bits per heavy atom. The van der Waals surface area contributed by atoms with E-state index in [1.807, 2.05) is 36.4 Å². The van der Waals surface area contributed by atoms with Gasteiger partial charge in [-0.25, -0.2) is 4.79 Å². The first-order valence-corrected chi connectivity index (χ1v) is 6.15. The average Bonchev–Trinajstić information content (AvgIpc) is 3.20. The molecule has 0 amide bonds. The van der Waals surface area contributed by atoms with Gasteiger partial charge >= 0.3 is 5.97 Å². The summed E-state index contributed by atoms with van der Waals surface area (Å²) < 4.78 is 5.48. The van der Waals surface area contributed by atoms with E-state index in [9.17, 15) is 4.79 Å². The SMILES string of the molecule is O=C(OC1CC1c1ccccc1)c1ccccc1. The minimum Gasteiger partial charge on any atom is -0.458 e. The highest BCUT2D eigenvalue weighted by molar-refractivity contribution is 5.89. The largest absolute Gasteiger partial charge is 0.458 e. The molecule has 0 aromatic heterocycles. The van der Waals surface area contributed by atoms with E-state index in [-0.39, 0.29) is 12.1 Å². The molecule has 2 nitrogen and oxygen atoms in total. The van der Waals surface area contributed by atoms with E-state index >= 15 is 0 Å². The van der Waals surface area contributed by atoms with Crippen LogP contribution in [0.15, 0.2) is 60.7 Å². The Balaban J connectivity index is 1.62. The zero-order chi connectivity index (χ0) is 12.4. The third-order valence-corrected chi connectivity index (χ3v) is 3.23. The second kappa shape index (κ2) is 4.65. The number of esters is 1. The standard InChI is InChI=1S/C16H14O2/c17-16(13-9-5-2-6-10-13)18-15-11-14(15)12-7-3-1-4-8-12/h1-10,14-15H,11H2. The van der Waals surface area contributed by atoms with Gasteiger partial charge in [0.1, 0.15) is 6.10 Å². The summed E-state index contributed by atoms with van der Waals surface area (Å²) in [6.07, 6.45) is 0.975. The predicted molar refractivity (Wildman–Crippen MR) is 69.4 cm³/mol. The number of rotatable bonds is 3. The highest BCUT2D eigenvalue weighted by atomic mass is 16.5. The van der Waals surface area contributed by atoms with Crippen molar-refractivity contribution in [1.82, 2.24) is 0 Å². The summed E-state index contributed by atoms with van der Waals surface area (Å²) in [4.78, 5) is 11.8. The topological polar surface area (TPSA) is 26.3 Å². The van der Waals surface area contributed by atoms with Gasteiger partial charge in [-0.2, -0.15) is 0 Å². The van der Waals surface area contributed by atoms with Gasteiger partial charge in [-0.05, 0) is 24.1 Å². The summed E-state index contributed by atoms with van der Waals surface area (Å²) in [5.41, 5.74) is 1.87. The second-order valence-corrected chi connectivity index (χ2v) is 4.56. The lowest BCUT2D eigenvalue weighted by atomic mass is 10.1. The lowest BCUT2D eigenvalue weighted by Gasteiger charge is -2.04. The quantitative estimate of drug-likeness (QED) is 0.766. The van der Waals surface area contributed by atoms with Gasteiger partial charge in [0, 0.05) is 5.92 Å². The van der Waals surface area contributed by atoms with Crippen molar-refractivity contribution in [2.24, 2.45) is 0 Å². The fourth-order valence-electron chi connectivity index (χ4n) is 2.13. The van der Waals surface area contributed by atoms with Crippen molar-refractivity contribution in [2.75, 3.05) is 0 Å². The molecule has 1 aliphatic carbocycles. The zero-order valence-electron chi connectivity index (χ0n) is 9.95. The molecule has 1 aliphatic rings. The van der Waals surface area contributed by atoms with Gasteiger partial charge in [0.25, 0.3) is 0 Å². The van der Waals surface area contributed by atoms with Gasteiger partial charge in [-0.1, -0.05) is 48.5 Å². The molecule has 0 bridgehead atoms. The van der Waals surface area contributed by atoms with Crippen molar-refractivity contribution in [3.8, 4) is 0 Å². The van der Waals surface area contributed by atoms with Crippen LogP contribution in [0.4, 0.5) is 0 Å². The molecule has 90 valence electrons. The lowest BCUT2D eigenvalue weighted by Crippen LogP contribution is -2.07. The third-order valence-electron chi connectivity index (χ3n) is 3.23. The van der Waals surface area contributed by atoms with E-state index in [4.69, 9.17) is 4.74 Å². The van der Waals surface area contributed by atoms with E-state index in [0.29, 0.717) is 11.5 Å². The Morgan fingerprint density at radius 2 is 1.56 bits per heavy atom. The molecule has 2 heteroatoms. The molecule has 0 aliphatic heterocycles. The number of carbonyl (C=O) groups is 1. The van der Waals surface area contributed by atoms with Crippen molar-refractivity contribution >= 4 is 5.97 Å². The zero-order valence-corrected chi connectivity index (χ0v) is 9.95. The van der Waals surface area contributed by atoms with Gasteiger partial charge in [-0.3, -0.25) is 0 Å². The normalized spacial score (nSPS) is 21.3. The summed E-state index contributed by atoms with van der Waals surface area (Å²) in [5.74, 6) is 0.151. The molecule has 0 spiro atoms. The molecule has 2 unspecified atom stereocenters. The average molecular weight is 238 g/mol. The minimum atomic E-state index is -0.223. The van der Waals surface area contributed by atoms with Gasteiger partial charge in [0.05, 0.1) is 5.56 Å². The molecule has 18 heavy (non-hydrogen) atoms. The van der Waals surface area contributed by atoms with Crippen molar-refractivity contribution < 1.29 is 9.53 Å². The van der Waals surface area contributed by atoms with Crippen LogP contribution in [0.3, 0.4) is 0 Å². The van der Waals surface area contributed by atoms with Crippen LogP contribution in [-0.2, 0) is 4.74 Å². The number of carbonyl (C=O) groups excluding carboxylic acids is 1. The highest BCUT2D eigenvalue weighted by Crippen LogP contribution is 2.43. The monoisotopic (exact) mass is 238 g/mol. The molecule has 1 saturated carbocycles. The first-order valence-electron chi connectivity index (χ1n) is 6.15. The first-order chi connectivity index (χ1) is 8.84. The van der Waals surface area contributed by atoms with Crippen LogP contribution in [-0.4, -0.2) is 12.1 Å². The van der Waals surface area contributed by atoms with E-state index in [1.165, 1.54) is 5.56 Å². The summed E-state index contributed by atoms with van der Waals surface area (Å²) >= 11 is 0. The highest BCUT2D eigenvalue weighted by Gasteiger charge is 2.41. The molecular formula is C16H14O2. The van der Waals surface area contributed by atoms with Gasteiger partial charge in [0.2, 0.25) is 0 Å². The number of hydrogen-bond acceptors (Lipinski definition) is 2. The van der Waals surface area contributed by atoms with Crippen LogP contribution in [0.25, 0.3) is 0 Å². The van der Waals surface area contributed by atoms with Crippen LogP contribution in [0.1, 0.15) is 28.3 Å².